The van der Waals surface area contributed by atoms with E-state index < -0.39 is 23.8 Å². The first-order valence-corrected chi connectivity index (χ1v) is 11.7. The number of nitrogens with two attached hydrogens (primary N) is 1. The lowest BCUT2D eigenvalue weighted by Crippen LogP contribution is -2.38. The van der Waals surface area contributed by atoms with Crippen LogP contribution >= 0.6 is 0 Å². The van der Waals surface area contributed by atoms with Crippen molar-refractivity contribution in [1.82, 2.24) is 29.3 Å². The van der Waals surface area contributed by atoms with Gasteiger partial charge in [-0.05, 0) is 43.2 Å². The van der Waals surface area contributed by atoms with Crippen molar-refractivity contribution < 1.29 is 22.4 Å². The first-order chi connectivity index (χ1) is 17.7. The monoisotopic (exact) mass is 512 g/mol. The highest BCUT2D eigenvalue weighted by atomic mass is 19.4. The number of aryl methyl sites for hydroxylation is 1. The Kier molecular flexibility index (Phi) is 5.14. The van der Waals surface area contributed by atoms with Gasteiger partial charge in [-0.3, -0.25) is 9.78 Å². The van der Waals surface area contributed by atoms with Gasteiger partial charge in [-0.2, -0.15) is 13.2 Å². The van der Waals surface area contributed by atoms with E-state index in [0.29, 0.717) is 22.5 Å². The van der Waals surface area contributed by atoms with Gasteiger partial charge in [0.05, 0.1) is 17.5 Å². The van der Waals surface area contributed by atoms with Crippen molar-refractivity contribution in [3.63, 3.8) is 0 Å². The fourth-order valence-corrected chi connectivity index (χ4v) is 5.16. The van der Waals surface area contributed by atoms with E-state index in [4.69, 9.17) is 5.73 Å². The third-order valence-corrected chi connectivity index (χ3v) is 6.82. The quantitative estimate of drug-likeness (QED) is 0.376. The number of imidazole rings is 1. The van der Waals surface area contributed by atoms with Crippen LogP contribution in [0.15, 0.2) is 37.1 Å². The Morgan fingerprint density at radius 2 is 2.00 bits per heavy atom. The molecule has 1 fully saturated rings. The van der Waals surface area contributed by atoms with Crippen molar-refractivity contribution in [2.45, 2.75) is 43.7 Å². The number of carbonyl (C=O) groups is 1. The molecule has 1 aliphatic carbocycles. The summed E-state index contributed by atoms with van der Waals surface area (Å²) < 4.78 is 53.8. The second-order valence-electron chi connectivity index (χ2n) is 9.28. The summed E-state index contributed by atoms with van der Waals surface area (Å²) in [5.41, 5.74) is 6.94. The number of anilines is 2. The maximum absolute atomic E-state index is 14.1. The summed E-state index contributed by atoms with van der Waals surface area (Å²) in [4.78, 5) is 35.0. The van der Waals surface area contributed by atoms with Crippen LogP contribution in [-0.2, 0) is 16.6 Å². The number of nitrogens with one attached hydrogen (secondary N) is 1. The number of alkyl halides is 3. The minimum Gasteiger partial charge on any atom is -0.383 e. The van der Waals surface area contributed by atoms with E-state index >= 15 is 0 Å². The Morgan fingerprint density at radius 1 is 1.19 bits per heavy atom. The molecule has 13 heteroatoms. The van der Waals surface area contributed by atoms with E-state index in [0.717, 1.165) is 19.0 Å². The first kappa shape index (κ1) is 23.3. The topological polar surface area (TPSA) is 124 Å². The third kappa shape index (κ3) is 3.85. The zero-order valence-electron chi connectivity index (χ0n) is 19.3. The average molecular weight is 512 g/mol. The van der Waals surface area contributed by atoms with Gasteiger partial charge in [-0.15, -0.1) is 0 Å². The van der Waals surface area contributed by atoms with Gasteiger partial charge in [0.1, 0.15) is 28.6 Å². The number of nitrogen functional groups attached to an aromatic ring is 1. The van der Waals surface area contributed by atoms with Crippen LogP contribution in [0.5, 0.6) is 0 Å². The normalized spacial score (nSPS) is 19.3. The Balaban J connectivity index is 1.44. The van der Waals surface area contributed by atoms with Crippen molar-refractivity contribution in [2.75, 3.05) is 11.1 Å². The van der Waals surface area contributed by atoms with E-state index in [2.05, 4.69) is 30.2 Å². The molecule has 3 N–H and O–H groups in total. The molecule has 0 aromatic carbocycles. The van der Waals surface area contributed by atoms with Gasteiger partial charge in [-0.1, -0.05) is 0 Å². The predicted molar refractivity (Wildman–Crippen MR) is 124 cm³/mol. The lowest BCUT2D eigenvalue weighted by molar-refractivity contribution is -0.135. The molecule has 4 aromatic heterocycles. The average Bonchev–Trinajstić information content (AvgIpc) is 3.48. The number of hydrogen-bond acceptors (Lipinski definition) is 7. The summed E-state index contributed by atoms with van der Waals surface area (Å²) in [6.07, 6.45) is 3.41. The molecule has 37 heavy (non-hydrogen) atoms. The van der Waals surface area contributed by atoms with Gasteiger partial charge in [0.2, 0.25) is 5.91 Å². The Hall–Kier alpha value is -4.16. The van der Waals surface area contributed by atoms with Crippen LogP contribution in [0.4, 0.5) is 29.2 Å². The van der Waals surface area contributed by atoms with Crippen LogP contribution in [0.1, 0.15) is 42.5 Å². The number of rotatable bonds is 6. The number of nitrogens with zero attached hydrogens (tertiary/aromatic N) is 6. The maximum atomic E-state index is 14.1. The number of pyridine rings is 1. The van der Waals surface area contributed by atoms with Gasteiger partial charge in [0.15, 0.2) is 11.5 Å². The molecule has 1 saturated carbocycles. The summed E-state index contributed by atoms with van der Waals surface area (Å²) in [6.45, 7) is 0. The fourth-order valence-electron chi connectivity index (χ4n) is 5.16. The number of aromatic nitrogens is 6. The lowest BCUT2D eigenvalue weighted by Gasteiger charge is -2.28. The van der Waals surface area contributed by atoms with Gasteiger partial charge in [-0.25, -0.2) is 24.3 Å². The van der Waals surface area contributed by atoms with E-state index in [1.807, 2.05) is 0 Å². The predicted octanol–water partition coefficient (Wildman–Crippen LogP) is 3.84. The van der Waals surface area contributed by atoms with Crippen molar-refractivity contribution >= 4 is 23.2 Å². The summed E-state index contributed by atoms with van der Waals surface area (Å²) in [6, 6.07) is 1.27. The number of fused-ring (bicyclic) bond motifs is 2. The van der Waals surface area contributed by atoms with Crippen LogP contribution in [0.2, 0.25) is 0 Å². The highest BCUT2D eigenvalue weighted by Crippen LogP contribution is 2.57. The summed E-state index contributed by atoms with van der Waals surface area (Å²) >= 11 is 0. The smallest absolute Gasteiger partial charge is 0.383 e. The molecule has 1 unspecified atom stereocenters. The zero-order valence-corrected chi connectivity index (χ0v) is 19.3. The summed E-state index contributed by atoms with van der Waals surface area (Å²) in [7, 11) is 0. The molecule has 0 spiro atoms. The Morgan fingerprint density at radius 3 is 2.73 bits per heavy atom. The molecule has 4 aromatic rings. The van der Waals surface area contributed by atoms with E-state index in [9.17, 15) is 22.4 Å². The molecule has 5 heterocycles. The van der Waals surface area contributed by atoms with Crippen LogP contribution < -0.4 is 11.1 Å². The summed E-state index contributed by atoms with van der Waals surface area (Å²) in [5, 5.41) is 2.78. The number of carbonyl (C=O) groups excluding carboxylic acids is 1. The second-order valence-corrected chi connectivity index (χ2v) is 9.28. The van der Waals surface area contributed by atoms with Gasteiger partial charge in [0, 0.05) is 31.2 Å². The Bertz CT molecular complexity index is 1550. The summed E-state index contributed by atoms with van der Waals surface area (Å²) in [5.74, 6) is -0.773. The molecule has 190 valence electrons. The zero-order chi connectivity index (χ0) is 25.9. The fraction of sp³-hybridized carbons (Fsp3) is 0.333. The highest BCUT2D eigenvalue weighted by molar-refractivity contribution is 6.10. The standard InChI is InChI=1S/C24H20F4N8O/c25-14-8-13(9-30-10-14)24(12-3-4-12)17-18(29)33-19(34-20(17)35-22(24)37)16-11-36-7-6-31-21(36)15(32-16)2-1-5-23(26,27)28/h6-12H,1-5H2,(H3,29,33,34,35,37). The van der Waals surface area contributed by atoms with Crippen LogP contribution in [0.3, 0.4) is 0 Å². The highest BCUT2D eigenvalue weighted by Gasteiger charge is 2.59. The minimum atomic E-state index is -4.27. The molecule has 0 saturated heterocycles. The molecule has 6 rings (SSSR count). The first-order valence-electron chi connectivity index (χ1n) is 11.7. The second kappa shape index (κ2) is 8.18. The molecular weight excluding hydrogens is 492 g/mol. The van der Waals surface area contributed by atoms with Crippen molar-refractivity contribution in [2.24, 2.45) is 5.92 Å². The molecule has 0 bridgehead atoms. The molecule has 1 amide bonds. The van der Waals surface area contributed by atoms with Gasteiger partial charge >= 0.3 is 6.18 Å². The molecule has 1 aliphatic heterocycles. The minimum absolute atomic E-state index is 0.0284. The molecule has 1 atom stereocenters. The van der Waals surface area contributed by atoms with E-state index in [-0.39, 0.29) is 47.8 Å². The molecule has 2 aliphatic rings. The van der Waals surface area contributed by atoms with E-state index in [1.165, 1.54) is 18.5 Å². The number of hydrogen-bond donors (Lipinski definition) is 2. The van der Waals surface area contributed by atoms with Gasteiger partial charge < -0.3 is 15.5 Å². The number of halogens is 4. The van der Waals surface area contributed by atoms with Crippen LogP contribution in [0.25, 0.3) is 17.2 Å². The van der Waals surface area contributed by atoms with Gasteiger partial charge in [0.25, 0.3) is 0 Å². The van der Waals surface area contributed by atoms with Crippen LogP contribution in [0, 0.1) is 11.7 Å². The molecule has 9 nitrogen and oxygen atoms in total. The largest absolute Gasteiger partial charge is 0.389 e. The van der Waals surface area contributed by atoms with E-state index in [1.54, 1.807) is 16.8 Å². The van der Waals surface area contributed by atoms with Crippen molar-refractivity contribution in [3.8, 4) is 11.5 Å². The maximum Gasteiger partial charge on any atom is 0.389 e. The van der Waals surface area contributed by atoms with Crippen molar-refractivity contribution in [3.05, 3.63) is 59.7 Å². The third-order valence-electron chi connectivity index (χ3n) is 6.82. The molecular formula is C24H20F4N8O. The number of amides is 1. The molecule has 0 radical (unpaired) electrons. The Labute approximate surface area is 207 Å². The SMILES string of the molecule is Nc1nc(-c2cn3ccnc3c(CCCC(F)(F)F)n2)nc2c1C(c1cncc(F)c1)(C1CC1)C(=O)N2. The van der Waals surface area contributed by atoms with Crippen molar-refractivity contribution in [1.29, 1.82) is 0 Å². The lowest BCUT2D eigenvalue weighted by atomic mass is 9.72. The van der Waals surface area contributed by atoms with Crippen LogP contribution in [-0.4, -0.2) is 41.4 Å².